The van der Waals surface area contributed by atoms with Crippen molar-refractivity contribution in [1.82, 2.24) is 14.8 Å². The van der Waals surface area contributed by atoms with E-state index in [2.05, 4.69) is 80.1 Å². The van der Waals surface area contributed by atoms with Crippen molar-refractivity contribution in [3.05, 3.63) is 36.0 Å². The lowest BCUT2D eigenvalue weighted by Gasteiger charge is -2.20. The zero-order valence-corrected chi connectivity index (χ0v) is 13.4. The van der Waals surface area contributed by atoms with Crippen LogP contribution >= 0.6 is 0 Å². The predicted octanol–water partition coefficient (Wildman–Crippen LogP) is 3.09. The van der Waals surface area contributed by atoms with E-state index in [1.54, 1.807) is 0 Å². The first-order valence-electron chi connectivity index (χ1n) is 7.33. The summed E-state index contributed by atoms with van der Waals surface area (Å²) >= 11 is 0. The van der Waals surface area contributed by atoms with Gasteiger partial charge in [-0.2, -0.15) is 0 Å². The third kappa shape index (κ3) is 4.09. The Morgan fingerprint density at radius 1 is 1.15 bits per heavy atom. The van der Waals surface area contributed by atoms with Gasteiger partial charge in [-0.25, -0.2) is 0 Å². The number of hydrogen-bond acceptors (Lipinski definition) is 2. The fraction of sp³-hybridized carbons (Fsp3) is 0.529. The van der Waals surface area contributed by atoms with Gasteiger partial charge in [-0.1, -0.05) is 12.1 Å². The molecule has 0 bridgehead atoms. The number of benzene rings is 1. The van der Waals surface area contributed by atoms with Crippen LogP contribution < -0.4 is 5.32 Å². The Morgan fingerprint density at radius 3 is 2.55 bits per heavy atom. The molecule has 0 fully saturated rings. The van der Waals surface area contributed by atoms with Gasteiger partial charge >= 0.3 is 0 Å². The Balaban J connectivity index is 2.16. The van der Waals surface area contributed by atoms with Crippen molar-refractivity contribution in [3.8, 4) is 0 Å². The van der Waals surface area contributed by atoms with Crippen molar-refractivity contribution in [2.45, 2.75) is 39.4 Å². The van der Waals surface area contributed by atoms with Crippen LogP contribution in [0.2, 0.25) is 0 Å². The molecule has 3 nitrogen and oxygen atoms in total. The topological polar surface area (TPSA) is 20.2 Å². The fourth-order valence-electron chi connectivity index (χ4n) is 2.21. The minimum Gasteiger partial charge on any atom is -0.346 e. The Hall–Kier alpha value is -1.32. The lowest BCUT2D eigenvalue weighted by molar-refractivity contribution is 0.387. The SMILES string of the molecule is CN(C)CCn1ccc2ccc(CNC(C)(C)C)cc21. The van der Waals surface area contributed by atoms with Gasteiger partial charge in [0, 0.05) is 36.9 Å². The van der Waals surface area contributed by atoms with Gasteiger partial charge in [-0.3, -0.25) is 0 Å². The molecule has 1 aromatic carbocycles. The summed E-state index contributed by atoms with van der Waals surface area (Å²) in [6.45, 7) is 9.61. The molecule has 0 aliphatic rings. The van der Waals surface area contributed by atoms with Gasteiger partial charge in [0.25, 0.3) is 0 Å². The standard InChI is InChI=1S/C17H27N3/c1-17(2,3)18-13-14-6-7-15-8-9-20(16(15)12-14)11-10-19(4)5/h6-9,12,18H,10-11,13H2,1-5H3. The van der Waals surface area contributed by atoms with Crippen molar-refractivity contribution >= 4 is 10.9 Å². The summed E-state index contributed by atoms with van der Waals surface area (Å²) in [5, 5.41) is 4.87. The van der Waals surface area contributed by atoms with E-state index >= 15 is 0 Å². The van der Waals surface area contributed by atoms with Crippen LogP contribution in [0, 0.1) is 0 Å². The monoisotopic (exact) mass is 273 g/mol. The average molecular weight is 273 g/mol. The Kier molecular flexibility index (Phi) is 4.51. The van der Waals surface area contributed by atoms with E-state index in [1.165, 1.54) is 16.5 Å². The van der Waals surface area contributed by atoms with E-state index in [-0.39, 0.29) is 5.54 Å². The Labute approximate surface area is 122 Å². The second kappa shape index (κ2) is 5.98. The minimum absolute atomic E-state index is 0.155. The normalized spacial score (nSPS) is 12.5. The first kappa shape index (κ1) is 15.1. The second-order valence-corrected chi connectivity index (χ2v) is 6.81. The van der Waals surface area contributed by atoms with Crippen LogP contribution in [0.1, 0.15) is 26.3 Å². The van der Waals surface area contributed by atoms with Crippen LogP contribution in [-0.4, -0.2) is 35.6 Å². The molecule has 0 aliphatic carbocycles. The molecule has 20 heavy (non-hydrogen) atoms. The number of nitrogens with zero attached hydrogens (tertiary/aromatic N) is 2. The van der Waals surface area contributed by atoms with Crippen LogP contribution in [-0.2, 0) is 13.1 Å². The molecule has 1 N–H and O–H groups in total. The Morgan fingerprint density at radius 2 is 1.90 bits per heavy atom. The molecular weight excluding hydrogens is 246 g/mol. The van der Waals surface area contributed by atoms with Gasteiger partial charge in [0.15, 0.2) is 0 Å². The zero-order valence-electron chi connectivity index (χ0n) is 13.4. The van der Waals surface area contributed by atoms with E-state index in [9.17, 15) is 0 Å². The number of rotatable bonds is 5. The molecule has 0 saturated carbocycles. The van der Waals surface area contributed by atoms with Gasteiger partial charge in [-0.05, 0) is 57.9 Å². The zero-order chi connectivity index (χ0) is 14.8. The highest BCUT2D eigenvalue weighted by atomic mass is 15.1. The lowest BCUT2D eigenvalue weighted by atomic mass is 10.1. The maximum absolute atomic E-state index is 3.55. The smallest absolute Gasteiger partial charge is 0.0483 e. The maximum Gasteiger partial charge on any atom is 0.0483 e. The number of hydrogen-bond donors (Lipinski definition) is 1. The molecule has 0 radical (unpaired) electrons. The molecule has 0 atom stereocenters. The highest BCUT2D eigenvalue weighted by molar-refractivity contribution is 5.80. The van der Waals surface area contributed by atoms with E-state index in [0.717, 1.165) is 19.6 Å². The third-order valence-electron chi connectivity index (χ3n) is 3.45. The van der Waals surface area contributed by atoms with E-state index in [4.69, 9.17) is 0 Å². The first-order valence-corrected chi connectivity index (χ1v) is 7.33. The van der Waals surface area contributed by atoms with Crippen LogP contribution in [0.25, 0.3) is 10.9 Å². The second-order valence-electron chi connectivity index (χ2n) is 6.81. The molecule has 0 saturated heterocycles. The predicted molar refractivity (Wildman–Crippen MR) is 87.1 cm³/mol. The summed E-state index contributed by atoms with van der Waals surface area (Å²) in [5.41, 5.74) is 2.83. The van der Waals surface area contributed by atoms with Crippen LogP contribution in [0.4, 0.5) is 0 Å². The maximum atomic E-state index is 3.55. The number of likely N-dealkylation sites (N-methyl/N-ethyl adjacent to an activating group) is 1. The quantitative estimate of drug-likeness (QED) is 0.903. The number of nitrogens with one attached hydrogen (secondary N) is 1. The van der Waals surface area contributed by atoms with Gasteiger partial charge in [-0.15, -0.1) is 0 Å². The molecule has 0 unspecified atom stereocenters. The molecule has 2 aromatic rings. The third-order valence-corrected chi connectivity index (χ3v) is 3.45. The first-order chi connectivity index (χ1) is 9.35. The molecule has 0 amide bonds. The van der Waals surface area contributed by atoms with Crippen molar-refractivity contribution in [3.63, 3.8) is 0 Å². The van der Waals surface area contributed by atoms with Crippen molar-refractivity contribution in [1.29, 1.82) is 0 Å². The summed E-state index contributed by atoms with van der Waals surface area (Å²) in [7, 11) is 4.23. The summed E-state index contributed by atoms with van der Waals surface area (Å²) in [6, 6.07) is 8.95. The largest absolute Gasteiger partial charge is 0.346 e. The Bertz CT molecular complexity index is 561. The molecule has 2 rings (SSSR count). The van der Waals surface area contributed by atoms with Crippen LogP contribution in [0.5, 0.6) is 0 Å². The minimum atomic E-state index is 0.155. The van der Waals surface area contributed by atoms with Crippen molar-refractivity contribution in [2.24, 2.45) is 0 Å². The molecule has 0 spiro atoms. The highest BCUT2D eigenvalue weighted by Crippen LogP contribution is 2.18. The van der Waals surface area contributed by atoms with Gasteiger partial charge in [0.1, 0.15) is 0 Å². The molecule has 0 aliphatic heterocycles. The molecular formula is C17H27N3. The van der Waals surface area contributed by atoms with Crippen LogP contribution in [0.15, 0.2) is 30.5 Å². The van der Waals surface area contributed by atoms with Gasteiger partial charge < -0.3 is 14.8 Å². The van der Waals surface area contributed by atoms with E-state index in [1.807, 2.05) is 0 Å². The highest BCUT2D eigenvalue weighted by Gasteiger charge is 2.09. The number of aromatic nitrogens is 1. The van der Waals surface area contributed by atoms with Gasteiger partial charge in [0.05, 0.1) is 0 Å². The fourth-order valence-corrected chi connectivity index (χ4v) is 2.21. The average Bonchev–Trinajstić information content (AvgIpc) is 2.75. The molecule has 1 heterocycles. The van der Waals surface area contributed by atoms with E-state index in [0.29, 0.717) is 0 Å². The summed E-state index contributed by atoms with van der Waals surface area (Å²) in [6.07, 6.45) is 2.19. The molecule has 110 valence electrons. The number of fused-ring (bicyclic) bond motifs is 1. The van der Waals surface area contributed by atoms with Crippen molar-refractivity contribution in [2.75, 3.05) is 20.6 Å². The van der Waals surface area contributed by atoms with Crippen LogP contribution in [0.3, 0.4) is 0 Å². The summed E-state index contributed by atoms with van der Waals surface area (Å²) in [5.74, 6) is 0. The molecule has 3 heteroatoms. The molecule has 1 aromatic heterocycles. The van der Waals surface area contributed by atoms with E-state index < -0.39 is 0 Å². The lowest BCUT2D eigenvalue weighted by Crippen LogP contribution is -2.35. The van der Waals surface area contributed by atoms with Crippen molar-refractivity contribution < 1.29 is 0 Å². The van der Waals surface area contributed by atoms with Gasteiger partial charge in [0.2, 0.25) is 0 Å². The summed E-state index contributed by atoms with van der Waals surface area (Å²) < 4.78 is 2.34. The summed E-state index contributed by atoms with van der Waals surface area (Å²) in [4.78, 5) is 2.22.